The first-order chi connectivity index (χ1) is 6.57. The molecule has 0 aromatic heterocycles. The first-order valence-electron chi connectivity index (χ1n) is 3.85. The highest BCUT2D eigenvalue weighted by Crippen LogP contribution is 2.22. The molecule has 1 aromatic rings. The maximum atomic E-state index is 13.3. The standard InChI is InChI=1S/C9H9ClFNO2/c1-14-9(13)8(12)5-3-2-4-6(10)7(5)11/h2-4,8H,12H2,1H3/t8-/m0/s1. The van der Waals surface area contributed by atoms with Crippen LogP contribution in [-0.4, -0.2) is 13.1 Å². The summed E-state index contributed by atoms with van der Waals surface area (Å²) >= 11 is 5.52. The van der Waals surface area contributed by atoms with Crippen molar-refractivity contribution in [1.82, 2.24) is 0 Å². The maximum Gasteiger partial charge on any atom is 0.327 e. The van der Waals surface area contributed by atoms with Crippen LogP contribution in [0.5, 0.6) is 0 Å². The van der Waals surface area contributed by atoms with Gasteiger partial charge in [0.15, 0.2) is 0 Å². The predicted molar refractivity (Wildman–Crippen MR) is 50.4 cm³/mol. The molecule has 0 aliphatic heterocycles. The number of nitrogens with two attached hydrogens (primary N) is 1. The summed E-state index contributed by atoms with van der Waals surface area (Å²) in [5, 5.41) is -0.0677. The molecule has 0 saturated carbocycles. The third kappa shape index (κ3) is 2.02. The number of ether oxygens (including phenoxy) is 1. The lowest BCUT2D eigenvalue weighted by Gasteiger charge is -2.10. The van der Waals surface area contributed by atoms with Crippen molar-refractivity contribution in [2.75, 3.05) is 7.11 Å². The normalized spacial score (nSPS) is 12.3. The molecule has 0 radical (unpaired) electrons. The highest BCUT2D eigenvalue weighted by molar-refractivity contribution is 6.30. The van der Waals surface area contributed by atoms with Crippen LogP contribution in [-0.2, 0) is 9.53 Å². The zero-order chi connectivity index (χ0) is 10.7. The quantitative estimate of drug-likeness (QED) is 0.767. The van der Waals surface area contributed by atoms with Crippen molar-refractivity contribution in [3.05, 3.63) is 34.6 Å². The van der Waals surface area contributed by atoms with E-state index in [1.807, 2.05) is 0 Å². The largest absolute Gasteiger partial charge is 0.468 e. The summed E-state index contributed by atoms with van der Waals surface area (Å²) < 4.78 is 17.7. The molecule has 3 nitrogen and oxygen atoms in total. The molecule has 14 heavy (non-hydrogen) atoms. The molecule has 0 saturated heterocycles. The molecule has 76 valence electrons. The second kappa shape index (κ2) is 4.39. The van der Waals surface area contributed by atoms with Crippen molar-refractivity contribution in [2.45, 2.75) is 6.04 Å². The SMILES string of the molecule is COC(=O)[C@@H](N)c1cccc(Cl)c1F. The van der Waals surface area contributed by atoms with Crippen LogP contribution in [0.25, 0.3) is 0 Å². The number of halogens is 2. The molecule has 0 aliphatic carbocycles. The molecular weight excluding hydrogens is 209 g/mol. The van der Waals surface area contributed by atoms with Crippen LogP contribution in [0.15, 0.2) is 18.2 Å². The highest BCUT2D eigenvalue weighted by Gasteiger charge is 2.20. The molecule has 5 heteroatoms. The molecule has 0 unspecified atom stereocenters. The van der Waals surface area contributed by atoms with E-state index < -0.39 is 17.8 Å². The van der Waals surface area contributed by atoms with Crippen LogP contribution in [0.2, 0.25) is 5.02 Å². The summed E-state index contributed by atoms with van der Waals surface area (Å²) in [5.41, 5.74) is 5.48. The lowest BCUT2D eigenvalue weighted by molar-refractivity contribution is -0.142. The van der Waals surface area contributed by atoms with Gasteiger partial charge in [-0.05, 0) is 6.07 Å². The van der Waals surface area contributed by atoms with Gasteiger partial charge < -0.3 is 10.5 Å². The molecule has 0 fully saturated rings. The van der Waals surface area contributed by atoms with Crippen molar-refractivity contribution in [3.8, 4) is 0 Å². The summed E-state index contributed by atoms with van der Waals surface area (Å²) in [6, 6.07) is 3.15. The van der Waals surface area contributed by atoms with Crippen LogP contribution in [0.4, 0.5) is 4.39 Å². The minimum absolute atomic E-state index is 0.0318. The molecule has 2 N–H and O–H groups in total. The van der Waals surface area contributed by atoms with Crippen LogP contribution in [0.3, 0.4) is 0 Å². The number of esters is 1. The second-order valence-corrected chi connectivity index (χ2v) is 3.05. The molecule has 1 atom stereocenters. The minimum atomic E-state index is -1.14. The number of benzene rings is 1. The third-order valence-electron chi connectivity index (χ3n) is 1.77. The zero-order valence-electron chi connectivity index (χ0n) is 7.46. The van der Waals surface area contributed by atoms with Crippen LogP contribution in [0, 0.1) is 5.82 Å². The van der Waals surface area contributed by atoms with Gasteiger partial charge in [0.2, 0.25) is 0 Å². The maximum absolute atomic E-state index is 13.3. The van der Waals surface area contributed by atoms with Crippen LogP contribution < -0.4 is 5.73 Å². The van der Waals surface area contributed by atoms with Crippen LogP contribution in [0.1, 0.15) is 11.6 Å². The zero-order valence-corrected chi connectivity index (χ0v) is 8.22. The Hall–Kier alpha value is -1.13. The van der Waals surface area contributed by atoms with Gasteiger partial charge in [0.05, 0.1) is 12.1 Å². The van der Waals surface area contributed by atoms with E-state index in [1.54, 1.807) is 0 Å². The Morgan fingerprint density at radius 1 is 1.64 bits per heavy atom. The van der Waals surface area contributed by atoms with E-state index in [9.17, 15) is 9.18 Å². The van der Waals surface area contributed by atoms with Gasteiger partial charge in [-0.3, -0.25) is 4.79 Å². The number of carbonyl (C=O) groups excluding carboxylic acids is 1. The molecule has 1 rings (SSSR count). The van der Waals surface area contributed by atoms with Crippen molar-refractivity contribution in [1.29, 1.82) is 0 Å². The summed E-state index contributed by atoms with van der Waals surface area (Å²) in [4.78, 5) is 11.0. The van der Waals surface area contributed by atoms with Gasteiger partial charge in [0.1, 0.15) is 11.9 Å². The van der Waals surface area contributed by atoms with Crippen molar-refractivity contribution >= 4 is 17.6 Å². The van der Waals surface area contributed by atoms with E-state index in [1.165, 1.54) is 25.3 Å². The fourth-order valence-corrected chi connectivity index (χ4v) is 1.20. The van der Waals surface area contributed by atoms with Gasteiger partial charge in [0, 0.05) is 5.56 Å². The number of methoxy groups -OCH3 is 1. The lowest BCUT2D eigenvalue weighted by atomic mass is 10.1. The molecule has 0 amide bonds. The number of rotatable bonds is 2. The van der Waals surface area contributed by atoms with Crippen molar-refractivity contribution in [3.63, 3.8) is 0 Å². The Morgan fingerprint density at radius 3 is 2.86 bits per heavy atom. The Bertz CT molecular complexity index is 357. The van der Waals surface area contributed by atoms with E-state index in [4.69, 9.17) is 17.3 Å². The average molecular weight is 218 g/mol. The molecule has 1 aromatic carbocycles. The number of hydrogen-bond donors (Lipinski definition) is 1. The van der Waals surface area contributed by atoms with Crippen LogP contribution >= 0.6 is 11.6 Å². The van der Waals surface area contributed by atoms with Gasteiger partial charge >= 0.3 is 5.97 Å². The van der Waals surface area contributed by atoms with E-state index >= 15 is 0 Å². The summed E-state index contributed by atoms with van der Waals surface area (Å²) in [6.45, 7) is 0. The van der Waals surface area contributed by atoms with Gasteiger partial charge in [-0.1, -0.05) is 23.7 Å². The first-order valence-corrected chi connectivity index (χ1v) is 4.23. The van der Waals surface area contributed by atoms with E-state index in [0.29, 0.717) is 0 Å². The Labute approximate surface area is 85.6 Å². The Morgan fingerprint density at radius 2 is 2.29 bits per heavy atom. The molecule has 0 bridgehead atoms. The molecule has 0 spiro atoms. The predicted octanol–water partition coefficient (Wildman–Crippen LogP) is 1.65. The second-order valence-electron chi connectivity index (χ2n) is 2.64. The first kappa shape index (κ1) is 10.9. The summed E-state index contributed by atoms with van der Waals surface area (Å²) in [5.74, 6) is -1.39. The molecular formula is C9H9ClFNO2. The number of hydrogen-bond acceptors (Lipinski definition) is 3. The van der Waals surface area contributed by atoms with Gasteiger partial charge in [-0.25, -0.2) is 4.39 Å². The van der Waals surface area contributed by atoms with Crippen molar-refractivity contribution in [2.24, 2.45) is 5.73 Å². The highest BCUT2D eigenvalue weighted by atomic mass is 35.5. The van der Waals surface area contributed by atoms with E-state index in [2.05, 4.69) is 4.74 Å². The minimum Gasteiger partial charge on any atom is -0.468 e. The lowest BCUT2D eigenvalue weighted by Crippen LogP contribution is -2.23. The summed E-state index contributed by atoms with van der Waals surface area (Å²) in [7, 11) is 1.19. The van der Waals surface area contributed by atoms with Gasteiger partial charge in [-0.15, -0.1) is 0 Å². The third-order valence-corrected chi connectivity index (χ3v) is 2.06. The summed E-state index contributed by atoms with van der Waals surface area (Å²) in [6.07, 6.45) is 0. The fraction of sp³-hybridized carbons (Fsp3) is 0.222. The average Bonchev–Trinajstić information content (AvgIpc) is 2.20. The van der Waals surface area contributed by atoms with E-state index in [0.717, 1.165) is 0 Å². The Balaban J connectivity index is 3.07. The van der Waals surface area contributed by atoms with Gasteiger partial charge in [-0.2, -0.15) is 0 Å². The fourth-order valence-electron chi connectivity index (χ4n) is 1.01. The smallest absolute Gasteiger partial charge is 0.327 e. The number of carbonyl (C=O) groups is 1. The Kier molecular flexibility index (Phi) is 3.43. The monoisotopic (exact) mass is 217 g/mol. The van der Waals surface area contributed by atoms with E-state index in [-0.39, 0.29) is 10.6 Å². The molecule has 0 heterocycles. The van der Waals surface area contributed by atoms with Gasteiger partial charge in [0.25, 0.3) is 0 Å². The molecule has 0 aliphatic rings. The topological polar surface area (TPSA) is 52.3 Å². The van der Waals surface area contributed by atoms with Crippen molar-refractivity contribution < 1.29 is 13.9 Å².